The Morgan fingerprint density at radius 1 is 0.500 bits per heavy atom. The topological polar surface area (TPSA) is 52.6 Å². The molecule has 0 radical (unpaired) electrons. The molecule has 0 bridgehead atoms. The molecule has 186 valence electrons. The summed E-state index contributed by atoms with van der Waals surface area (Å²) in [6.45, 7) is 4.47. The maximum atomic E-state index is 11.7. The maximum absolute atomic E-state index is 11.7. The minimum atomic E-state index is -0.233. The standard InChI is InChI=1S/C28H50O4/c1-3-5-7-9-11-13-15-17-21-25-31-27(29)23-19-20-24-28(30)32-26-22-18-16-14-12-10-8-6-4-2/h21-22,25-26H,3-20,23-24H2,1-2H3. The summed E-state index contributed by atoms with van der Waals surface area (Å²) in [5.74, 6) is -0.465. The molecule has 0 atom stereocenters. The van der Waals surface area contributed by atoms with E-state index in [1.165, 1.54) is 89.6 Å². The monoisotopic (exact) mass is 450 g/mol. The first-order valence-corrected chi connectivity index (χ1v) is 13.4. The van der Waals surface area contributed by atoms with Crippen LogP contribution in [0.1, 0.15) is 142 Å². The second-order valence-electron chi connectivity index (χ2n) is 8.75. The Balaban J connectivity index is 3.44. The molecule has 0 aliphatic carbocycles. The van der Waals surface area contributed by atoms with E-state index in [0.717, 1.165) is 25.7 Å². The number of ether oxygens (including phenoxy) is 2. The van der Waals surface area contributed by atoms with Gasteiger partial charge in [-0.15, -0.1) is 0 Å². The van der Waals surface area contributed by atoms with Gasteiger partial charge in [-0.25, -0.2) is 0 Å². The molecule has 0 saturated carbocycles. The highest BCUT2D eigenvalue weighted by molar-refractivity contribution is 5.71. The predicted octanol–water partition coefficient (Wildman–Crippen LogP) is 8.94. The van der Waals surface area contributed by atoms with Crippen molar-refractivity contribution < 1.29 is 19.1 Å². The van der Waals surface area contributed by atoms with Crippen molar-refractivity contribution in [3.05, 3.63) is 24.7 Å². The lowest BCUT2D eigenvalue weighted by molar-refractivity contribution is -0.140. The Labute approximate surface area is 198 Å². The number of esters is 2. The number of hydrogen-bond acceptors (Lipinski definition) is 4. The van der Waals surface area contributed by atoms with Crippen LogP contribution in [0.5, 0.6) is 0 Å². The summed E-state index contributed by atoms with van der Waals surface area (Å²) in [4.78, 5) is 23.4. The lowest BCUT2D eigenvalue weighted by atomic mass is 10.1. The zero-order valence-corrected chi connectivity index (χ0v) is 21.1. The van der Waals surface area contributed by atoms with Gasteiger partial charge >= 0.3 is 11.9 Å². The molecule has 0 unspecified atom stereocenters. The van der Waals surface area contributed by atoms with Crippen LogP contribution in [-0.2, 0) is 19.1 Å². The first-order chi connectivity index (χ1) is 15.7. The average molecular weight is 451 g/mol. The minimum absolute atomic E-state index is 0.233. The minimum Gasteiger partial charge on any atom is -0.435 e. The molecule has 0 aromatic rings. The highest BCUT2D eigenvalue weighted by atomic mass is 16.5. The summed E-state index contributed by atoms with van der Waals surface area (Å²) in [5, 5.41) is 0. The number of hydrogen-bond donors (Lipinski definition) is 0. The van der Waals surface area contributed by atoms with Crippen LogP contribution in [0.25, 0.3) is 0 Å². The third-order valence-electron chi connectivity index (χ3n) is 5.55. The molecule has 0 spiro atoms. The van der Waals surface area contributed by atoms with Gasteiger partial charge in [0.2, 0.25) is 0 Å². The van der Waals surface area contributed by atoms with Gasteiger partial charge in [0.1, 0.15) is 0 Å². The van der Waals surface area contributed by atoms with Crippen molar-refractivity contribution in [2.24, 2.45) is 0 Å². The molecule has 0 N–H and O–H groups in total. The summed E-state index contributed by atoms with van der Waals surface area (Å²) < 4.78 is 10.2. The van der Waals surface area contributed by atoms with Gasteiger partial charge in [-0.1, -0.05) is 90.9 Å². The van der Waals surface area contributed by atoms with E-state index in [4.69, 9.17) is 9.47 Å². The molecule has 0 rings (SSSR count). The fourth-order valence-electron chi connectivity index (χ4n) is 3.48. The second kappa shape index (κ2) is 25.7. The summed E-state index contributed by atoms with van der Waals surface area (Å²) in [6.07, 6.45) is 28.7. The maximum Gasteiger partial charge on any atom is 0.310 e. The predicted molar refractivity (Wildman–Crippen MR) is 134 cm³/mol. The van der Waals surface area contributed by atoms with E-state index in [0.29, 0.717) is 25.7 Å². The van der Waals surface area contributed by atoms with E-state index in [9.17, 15) is 9.59 Å². The molecule has 0 aromatic heterocycles. The molecular formula is C28H50O4. The molecule has 0 fully saturated rings. The Kier molecular flexibility index (Phi) is 24.4. The van der Waals surface area contributed by atoms with Gasteiger partial charge in [0.15, 0.2) is 0 Å². The van der Waals surface area contributed by atoms with E-state index >= 15 is 0 Å². The molecule has 32 heavy (non-hydrogen) atoms. The SMILES string of the molecule is CCCCCCCCCC=COC(=O)CCCCC(=O)OC=CCCCCCCCCC. The third kappa shape index (κ3) is 24.7. The molecule has 0 aromatic carbocycles. The molecule has 0 aliphatic heterocycles. The second-order valence-corrected chi connectivity index (χ2v) is 8.75. The quantitative estimate of drug-likeness (QED) is 0.0885. The molecule has 4 heteroatoms. The number of allylic oxidation sites excluding steroid dienone is 2. The van der Waals surface area contributed by atoms with Crippen molar-refractivity contribution in [1.82, 2.24) is 0 Å². The van der Waals surface area contributed by atoms with Gasteiger partial charge in [0, 0.05) is 12.8 Å². The zero-order chi connectivity index (χ0) is 23.5. The lowest BCUT2D eigenvalue weighted by Crippen LogP contribution is -2.02. The Bertz CT molecular complexity index is 438. The van der Waals surface area contributed by atoms with Crippen LogP contribution < -0.4 is 0 Å². The largest absolute Gasteiger partial charge is 0.435 e. The van der Waals surface area contributed by atoms with Crippen molar-refractivity contribution in [3.8, 4) is 0 Å². The molecule has 4 nitrogen and oxygen atoms in total. The van der Waals surface area contributed by atoms with Crippen LogP contribution in [0.2, 0.25) is 0 Å². The number of carbonyl (C=O) groups excluding carboxylic acids is 2. The molecule has 0 saturated heterocycles. The van der Waals surface area contributed by atoms with Gasteiger partial charge in [-0.3, -0.25) is 9.59 Å². The van der Waals surface area contributed by atoms with Gasteiger partial charge in [-0.2, -0.15) is 0 Å². The van der Waals surface area contributed by atoms with Gasteiger partial charge in [-0.05, 0) is 50.7 Å². The average Bonchev–Trinajstić information content (AvgIpc) is 2.79. The van der Waals surface area contributed by atoms with E-state index in [1.54, 1.807) is 0 Å². The first-order valence-electron chi connectivity index (χ1n) is 13.4. The Morgan fingerprint density at radius 3 is 1.22 bits per heavy atom. The molecule has 0 aliphatic rings. The summed E-state index contributed by atoms with van der Waals surface area (Å²) >= 11 is 0. The van der Waals surface area contributed by atoms with Gasteiger partial charge < -0.3 is 9.47 Å². The van der Waals surface area contributed by atoms with Crippen LogP contribution in [0.4, 0.5) is 0 Å². The van der Waals surface area contributed by atoms with Crippen LogP contribution >= 0.6 is 0 Å². The normalized spacial score (nSPS) is 11.4. The Morgan fingerprint density at radius 2 is 0.844 bits per heavy atom. The molecule has 0 heterocycles. The third-order valence-corrected chi connectivity index (χ3v) is 5.55. The van der Waals surface area contributed by atoms with Crippen molar-refractivity contribution in [3.63, 3.8) is 0 Å². The number of unbranched alkanes of at least 4 members (excludes halogenated alkanes) is 15. The zero-order valence-electron chi connectivity index (χ0n) is 21.1. The van der Waals surface area contributed by atoms with Gasteiger partial charge in [0.25, 0.3) is 0 Å². The van der Waals surface area contributed by atoms with E-state index in [2.05, 4.69) is 13.8 Å². The van der Waals surface area contributed by atoms with Crippen LogP contribution in [-0.4, -0.2) is 11.9 Å². The van der Waals surface area contributed by atoms with Gasteiger partial charge in [0.05, 0.1) is 12.5 Å². The van der Waals surface area contributed by atoms with Crippen LogP contribution in [0, 0.1) is 0 Å². The van der Waals surface area contributed by atoms with Crippen molar-refractivity contribution in [1.29, 1.82) is 0 Å². The fraction of sp³-hybridized carbons (Fsp3) is 0.786. The number of carbonyl (C=O) groups is 2. The summed E-state index contributed by atoms with van der Waals surface area (Å²) in [5.41, 5.74) is 0. The van der Waals surface area contributed by atoms with Crippen molar-refractivity contribution >= 4 is 11.9 Å². The highest BCUT2D eigenvalue weighted by Crippen LogP contribution is 2.10. The van der Waals surface area contributed by atoms with E-state index < -0.39 is 0 Å². The van der Waals surface area contributed by atoms with E-state index in [-0.39, 0.29) is 11.9 Å². The smallest absolute Gasteiger partial charge is 0.310 e. The fourth-order valence-corrected chi connectivity index (χ4v) is 3.48. The van der Waals surface area contributed by atoms with Crippen LogP contribution in [0.3, 0.4) is 0 Å². The lowest BCUT2D eigenvalue weighted by Gasteiger charge is -2.01. The molecular weight excluding hydrogens is 400 g/mol. The van der Waals surface area contributed by atoms with Crippen LogP contribution in [0.15, 0.2) is 24.7 Å². The van der Waals surface area contributed by atoms with Crippen molar-refractivity contribution in [2.75, 3.05) is 0 Å². The number of rotatable bonds is 23. The summed E-state index contributed by atoms with van der Waals surface area (Å²) in [7, 11) is 0. The van der Waals surface area contributed by atoms with Crippen molar-refractivity contribution in [2.45, 2.75) is 142 Å². The summed E-state index contributed by atoms with van der Waals surface area (Å²) in [6, 6.07) is 0. The Hall–Kier alpha value is -1.58. The highest BCUT2D eigenvalue weighted by Gasteiger charge is 2.04. The first kappa shape index (κ1) is 30.4. The van der Waals surface area contributed by atoms with E-state index in [1.807, 2.05) is 12.2 Å². The molecule has 0 amide bonds.